The van der Waals surface area contributed by atoms with Crippen LogP contribution in [0.15, 0.2) is 24.5 Å². The molecule has 18 heavy (non-hydrogen) atoms. The summed E-state index contributed by atoms with van der Waals surface area (Å²) in [5, 5.41) is 6.34. The van der Waals surface area contributed by atoms with Crippen molar-refractivity contribution in [3.63, 3.8) is 0 Å². The van der Waals surface area contributed by atoms with Gasteiger partial charge in [-0.15, -0.1) is 0 Å². The molecule has 1 N–H and O–H groups in total. The minimum atomic E-state index is -0.510. The van der Waals surface area contributed by atoms with Gasteiger partial charge < -0.3 is 4.90 Å². The van der Waals surface area contributed by atoms with Gasteiger partial charge in [-0.1, -0.05) is 6.07 Å². The van der Waals surface area contributed by atoms with Gasteiger partial charge in [0, 0.05) is 7.05 Å². The molecule has 94 valence electrons. The maximum absolute atomic E-state index is 13.7. The normalized spacial score (nSPS) is 10.4. The van der Waals surface area contributed by atoms with Crippen LogP contribution in [-0.2, 0) is 6.54 Å². The second-order valence-corrected chi connectivity index (χ2v) is 4.08. The van der Waals surface area contributed by atoms with Gasteiger partial charge in [-0.2, -0.15) is 5.10 Å². The molecule has 0 saturated carbocycles. The van der Waals surface area contributed by atoms with Crippen LogP contribution in [0.1, 0.15) is 21.7 Å². The number of aryl methyl sites for hydroxylation is 1. The van der Waals surface area contributed by atoms with E-state index in [0.717, 1.165) is 5.56 Å². The van der Waals surface area contributed by atoms with Crippen LogP contribution in [-0.4, -0.2) is 33.0 Å². The molecule has 0 atom stereocenters. The Bertz CT molecular complexity index is 553. The lowest BCUT2D eigenvalue weighted by atomic mass is 10.1. The standard InChI is InChI=1S/C12H13FN4O/c1-8-3-4-9(10(13)5-8)12(18)17(2)6-11-14-7-15-16-11/h3-5,7H,6H2,1-2H3,(H,14,15,16). The van der Waals surface area contributed by atoms with E-state index in [1.807, 2.05) is 0 Å². The molecule has 1 amide bonds. The molecule has 0 aliphatic rings. The second kappa shape index (κ2) is 4.95. The average Bonchev–Trinajstić information content (AvgIpc) is 2.81. The van der Waals surface area contributed by atoms with Gasteiger partial charge in [-0.25, -0.2) is 9.37 Å². The fourth-order valence-electron chi connectivity index (χ4n) is 1.60. The van der Waals surface area contributed by atoms with E-state index in [4.69, 9.17) is 0 Å². The van der Waals surface area contributed by atoms with Crippen LogP contribution < -0.4 is 0 Å². The molecule has 2 aromatic rings. The van der Waals surface area contributed by atoms with Gasteiger partial charge in [0.15, 0.2) is 0 Å². The molecule has 5 nitrogen and oxygen atoms in total. The van der Waals surface area contributed by atoms with Gasteiger partial charge in [0.2, 0.25) is 0 Å². The van der Waals surface area contributed by atoms with E-state index >= 15 is 0 Å². The number of carbonyl (C=O) groups is 1. The van der Waals surface area contributed by atoms with Crippen molar-refractivity contribution >= 4 is 5.91 Å². The van der Waals surface area contributed by atoms with E-state index in [9.17, 15) is 9.18 Å². The van der Waals surface area contributed by atoms with Crippen molar-refractivity contribution in [1.29, 1.82) is 0 Å². The Balaban J connectivity index is 2.15. The first kappa shape index (κ1) is 12.2. The molecule has 0 saturated heterocycles. The maximum Gasteiger partial charge on any atom is 0.256 e. The molecular formula is C12H13FN4O. The number of aromatic amines is 1. The zero-order chi connectivity index (χ0) is 13.1. The van der Waals surface area contributed by atoms with Crippen LogP contribution in [0.25, 0.3) is 0 Å². The van der Waals surface area contributed by atoms with Crippen molar-refractivity contribution in [1.82, 2.24) is 20.1 Å². The van der Waals surface area contributed by atoms with Crippen LogP contribution in [0.3, 0.4) is 0 Å². The highest BCUT2D eigenvalue weighted by molar-refractivity contribution is 5.94. The average molecular weight is 248 g/mol. The molecule has 0 bridgehead atoms. The number of halogens is 1. The van der Waals surface area contributed by atoms with E-state index in [1.165, 1.54) is 23.4 Å². The lowest BCUT2D eigenvalue weighted by Crippen LogP contribution is -2.27. The quantitative estimate of drug-likeness (QED) is 0.895. The summed E-state index contributed by atoms with van der Waals surface area (Å²) in [7, 11) is 1.59. The monoisotopic (exact) mass is 248 g/mol. The van der Waals surface area contributed by atoms with Gasteiger partial charge in [0.1, 0.15) is 18.0 Å². The first-order valence-electron chi connectivity index (χ1n) is 5.44. The molecular weight excluding hydrogens is 235 g/mol. The van der Waals surface area contributed by atoms with Crippen molar-refractivity contribution in [3.05, 3.63) is 47.3 Å². The Hall–Kier alpha value is -2.24. The topological polar surface area (TPSA) is 61.9 Å². The molecule has 0 spiro atoms. The second-order valence-electron chi connectivity index (χ2n) is 4.08. The predicted molar refractivity (Wildman–Crippen MR) is 63.3 cm³/mol. The summed E-state index contributed by atoms with van der Waals surface area (Å²) >= 11 is 0. The first-order valence-corrected chi connectivity index (χ1v) is 5.44. The third-order valence-corrected chi connectivity index (χ3v) is 2.55. The van der Waals surface area contributed by atoms with Gasteiger partial charge >= 0.3 is 0 Å². The Morgan fingerprint density at radius 3 is 2.89 bits per heavy atom. The SMILES string of the molecule is Cc1ccc(C(=O)N(C)Cc2ncn[nH]2)c(F)c1. The number of hydrogen-bond donors (Lipinski definition) is 1. The number of aromatic nitrogens is 3. The summed E-state index contributed by atoms with van der Waals surface area (Å²) in [6.07, 6.45) is 1.36. The van der Waals surface area contributed by atoms with E-state index < -0.39 is 5.82 Å². The zero-order valence-electron chi connectivity index (χ0n) is 10.1. The largest absolute Gasteiger partial charge is 0.334 e. The Morgan fingerprint density at radius 1 is 1.50 bits per heavy atom. The molecule has 0 radical (unpaired) electrons. The smallest absolute Gasteiger partial charge is 0.256 e. The summed E-state index contributed by atoms with van der Waals surface area (Å²) in [5.41, 5.74) is 0.838. The molecule has 6 heteroatoms. The number of carbonyl (C=O) groups excluding carboxylic acids is 1. The Kier molecular flexibility index (Phi) is 3.36. The summed E-state index contributed by atoms with van der Waals surface area (Å²) in [6.45, 7) is 2.03. The first-order chi connectivity index (χ1) is 8.58. The number of hydrogen-bond acceptors (Lipinski definition) is 3. The number of H-pyrrole nitrogens is 1. The van der Waals surface area contributed by atoms with Crippen LogP contribution in [0.2, 0.25) is 0 Å². The molecule has 2 rings (SSSR count). The maximum atomic E-state index is 13.7. The van der Waals surface area contributed by atoms with Crippen molar-refractivity contribution < 1.29 is 9.18 Å². The molecule has 0 aliphatic heterocycles. The van der Waals surface area contributed by atoms with Crippen LogP contribution in [0.5, 0.6) is 0 Å². The summed E-state index contributed by atoms with van der Waals surface area (Å²) < 4.78 is 13.7. The van der Waals surface area contributed by atoms with E-state index in [1.54, 1.807) is 20.0 Å². The molecule has 0 fully saturated rings. The fourth-order valence-corrected chi connectivity index (χ4v) is 1.60. The van der Waals surface area contributed by atoms with Crippen LogP contribution in [0, 0.1) is 12.7 Å². The zero-order valence-corrected chi connectivity index (χ0v) is 10.1. The molecule has 0 unspecified atom stereocenters. The molecule has 1 heterocycles. The number of nitrogens with one attached hydrogen (secondary N) is 1. The van der Waals surface area contributed by atoms with Gasteiger partial charge in [0.25, 0.3) is 5.91 Å². The number of nitrogens with zero attached hydrogens (tertiary/aromatic N) is 3. The van der Waals surface area contributed by atoms with Crippen molar-refractivity contribution in [3.8, 4) is 0 Å². The minimum absolute atomic E-state index is 0.0580. The number of amides is 1. The van der Waals surface area contributed by atoms with Gasteiger partial charge in [-0.05, 0) is 24.6 Å². The Labute approximate surface area is 104 Å². The van der Waals surface area contributed by atoms with Crippen LogP contribution >= 0.6 is 0 Å². The lowest BCUT2D eigenvalue weighted by Gasteiger charge is -2.16. The summed E-state index contributed by atoms with van der Waals surface area (Å²) in [5.74, 6) is -0.341. The highest BCUT2D eigenvalue weighted by Gasteiger charge is 2.17. The number of benzene rings is 1. The van der Waals surface area contributed by atoms with Crippen molar-refractivity contribution in [2.75, 3.05) is 7.05 Å². The summed E-state index contributed by atoms with van der Waals surface area (Å²) in [6, 6.07) is 4.54. The van der Waals surface area contributed by atoms with Crippen LogP contribution in [0.4, 0.5) is 4.39 Å². The number of rotatable bonds is 3. The lowest BCUT2D eigenvalue weighted by molar-refractivity contribution is 0.0777. The summed E-state index contributed by atoms with van der Waals surface area (Å²) in [4.78, 5) is 17.3. The highest BCUT2D eigenvalue weighted by Crippen LogP contribution is 2.12. The molecule has 1 aromatic heterocycles. The molecule has 1 aromatic carbocycles. The van der Waals surface area contributed by atoms with Gasteiger partial charge in [0.05, 0.1) is 12.1 Å². The van der Waals surface area contributed by atoms with E-state index in [-0.39, 0.29) is 18.0 Å². The van der Waals surface area contributed by atoms with E-state index in [0.29, 0.717) is 5.82 Å². The van der Waals surface area contributed by atoms with E-state index in [2.05, 4.69) is 15.2 Å². The third kappa shape index (κ3) is 2.53. The molecule has 0 aliphatic carbocycles. The Morgan fingerprint density at radius 2 is 2.28 bits per heavy atom. The predicted octanol–water partition coefficient (Wildman–Crippen LogP) is 1.52. The minimum Gasteiger partial charge on any atom is -0.334 e. The highest BCUT2D eigenvalue weighted by atomic mass is 19.1. The third-order valence-electron chi connectivity index (χ3n) is 2.55. The fraction of sp³-hybridized carbons (Fsp3) is 0.250. The van der Waals surface area contributed by atoms with Gasteiger partial charge in [-0.3, -0.25) is 9.89 Å². The van der Waals surface area contributed by atoms with Crippen molar-refractivity contribution in [2.24, 2.45) is 0 Å². The van der Waals surface area contributed by atoms with Crippen molar-refractivity contribution in [2.45, 2.75) is 13.5 Å².